The summed E-state index contributed by atoms with van der Waals surface area (Å²) in [5.41, 5.74) is 16.8. The molecule has 0 amide bonds. The predicted octanol–water partition coefficient (Wildman–Crippen LogP) is 4.21. The van der Waals surface area contributed by atoms with E-state index in [2.05, 4.69) is 9.97 Å². The van der Waals surface area contributed by atoms with Gasteiger partial charge in [0.25, 0.3) is 0 Å². The molecule has 2 aromatic heterocycles. The van der Waals surface area contributed by atoms with E-state index in [1.54, 1.807) is 24.5 Å². The minimum Gasteiger partial charge on any atom is -0.396 e. The summed E-state index contributed by atoms with van der Waals surface area (Å²) in [6, 6.07) is 22.8. The summed E-state index contributed by atoms with van der Waals surface area (Å²) in [7, 11) is 0. The van der Waals surface area contributed by atoms with Crippen molar-refractivity contribution in [1.82, 2.24) is 9.97 Å². The quantitative estimate of drug-likeness (QED) is 0.528. The Labute approximate surface area is 162 Å². The van der Waals surface area contributed by atoms with Gasteiger partial charge in [-0.3, -0.25) is 14.8 Å². The number of hydrogen-bond donors (Lipinski definition) is 2. The molecule has 0 saturated carbocycles. The normalized spacial score (nSPS) is 10.6. The molecule has 28 heavy (non-hydrogen) atoms. The molecule has 4 rings (SSSR count). The molecule has 2 aromatic carbocycles. The third-order valence-electron chi connectivity index (χ3n) is 4.58. The smallest absolute Gasteiger partial charge is 0.233 e. The van der Waals surface area contributed by atoms with Crippen LogP contribution >= 0.6 is 0 Å². The molecule has 0 aliphatic rings. The lowest BCUT2D eigenvalue weighted by molar-refractivity contribution is 0.103. The zero-order valence-electron chi connectivity index (χ0n) is 15.0. The van der Waals surface area contributed by atoms with Crippen molar-refractivity contribution in [3.05, 3.63) is 96.6 Å². The predicted molar refractivity (Wildman–Crippen MR) is 112 cm³/mol. The molecule has 0 bridgehead atoms. The highest BCUT2D eigenvalue weighted by Crippen LogP contribution is 2.31. The van der Waals surface area contributed by atoms with Crippen LogP contribution in [0.5, 0.6) is 0 Å². The minimum absolute atomic E-state index is 0.144. The van der Waals surface area contributed by atoms with Gasteiger partial charge in [0.2, 0.25) is 5.78 Å². The Morgan fingerprint density at radius 3 is 1.39 bits per heavy atom. The first-order chi connectivity index (χ1) is 13.7. The highest BCUT2D eigenvalue weighted by molar-refractivity contribution is 6.14. The molecule has 0 spiro atoms. The number of carbonyl (C=O) groups is 1. The molecule has 0 aliphatic heterocycles. The van der Waals surface area contributed by atoms with Crippen molar-refractivity contribution in [2.75, 3.05) is 11.5 Å². The van der Waals surface area contributed by atoms with Gasteiger partial charge < -0.3 is 11.5 Å². The van der Waals surface area contributed by atoms with Crippen LogP contribution in [0, 0.1) is 0 Å². The molecule has 0 saturated heterocycles. The van der Waals surface area contributed by atoms with Gasteiger partial charge in [0.05, 0.1) is 11.4 Å². The van der Waals surface area contributed by atoms with Crippen molar-refractivity contribution in [3.63, 3.8) is 0 Å². The van der Waals surface area contributed by atoms with Crippen LogP contribution in [0.1, 0.15) is 16.2 Å². The van der Waals surface area contributed by atoms with Crippen molar-refractivity contribution in [3.8, 4) is 22.3 Å². The fraction of sp³-hybridized carbons (Fsp3) is 0. The first-order valence-electron chi connectivity index (χ1n) is 8.81. The van der Waals surface area contributed by atoms with E-state index in [1.165, 1.54) is 0 Å². The zero-order valence-corrected chi connectivity index (χ0v) is 15.0. The van der Waals surface area contributed by atoms with Crippen molar-refractivity contribution in [1.29, 1.82) is 0 Å². The lowest BCUT2D eigenvalue weighted by Crippen LogP contribution is -2.13. The van der Waals surface area contributed by atoms with Gasteiger partial charge in [-0.1, -0.05) is 60.7 Å². The molecule has 5 heteroatoms. The minimum atomic E-state index is -0.398. The number of anilines is 2. The van der Waals surface area contributed by atoms with Gasteiger partial charge in [0.1, 0.15) is 11.4 Å². The number of nitrogens with two attached hydrogens (primary N) is 2. The van der Waals surface area contributed by atoms with Gasteiger partial charge in [0.15, 0.2) is 0 Å². The Balaban J connectivity index is 1.79. The highest BCUT2D eigenvalue weighted by atomic mass is 16.1. The van der Waals surface area contributed by atoms with Gasteiger partial charge in [-0.25, -0.2) is 0 Å². The zero-order chi connectivity index (χ0) is 19.5. The fourth-order valence-electron chi connectivity index (χ4n) is 3.16. The number of rotatable bonds is 4. The van der Waals surface area contributed by atoms with Crippen LogP contribution in [0.2, 0.25) is 0 Å². The molecule has 4 aromatic rings. The average Bonchev–Trinajstić information content (AvgIpc) is 2.75. The van der Waals surface area contributed by atoms with E-state index >= 15 is 0 Å². The maximum absolute atomic E-state index is 13.2. The average molecular weight is 366 g/mol. The van der Waals surface area contributed by atoms with Crippen LogP contribution < -0.4 is 11.5 Å². The third-order valence-corrected chi connectivity index (χ3v) is 4.58. The standard InChI is InChI=1S/C23H18N4O/c24-19-17(15-7-3-1-4-8-15)11-13-26-21(19)23(28)22-20(25)18(12-14-27-22)16-9-5-2-6-10-16/h1-14H,24-25H2. The molecule has 0 fully saturated rings. The largest absolute Gasteiger partial charge is 0.396 e. The van der Waals surface area contributed by atoms with Crippen molar-refractivity contribution < 1.29 is 4.79 Å². The lowest BCUT2D eigenvalue weighted by atomic mass is 9.99. The summed E-state index contributed by atoms with van der Waals surface area (Å²) in [6.07, 6.45) is 3.15. The second-order valence-corrected chi connectivity index (χ2v) is 6.30. The van der Waals surface area contributed by atoms with Crippen LogP contribution in [0.4, 0.5) is 11.4 Å². The summed E-state index contributed by atoms with van der Waals surface area (Å²) in [6.45, 7) is 0. The molecule has 0 radical (unpaired) electrons. The van der Waals surface area contributed by atoms with Gasteiger partial charge in [0, 0.05) is 23.5 Å². The van der Waals surface area contributed by atoms with E-state index in [0.717, 1.165) is 22.3 Å². The van der Waals surface area contributed by atoms with Crippen LogP contribution in [0.15, 0.2) is 85.2 Å². The second-order valence-electron chi connectivity index (χ2n) is 6.30. The lowest BCUT2D eigenvalue weighted by Gasteiger charge is -2.12. The van der Waals surface area contributed by atoms with Gasteiger partial charge in [-0.2, -0.15) is 0 Å². The van der Waals surface area contributed by atoms with Crippen molar-refractivity contribution in [2.45, 2.75) is 0 Å². The van der Waals surface area contributed by atoms with Gasteiger partial charge in [-0.05, 0) is 23.3 Å². The number of aromatic nitrogens is 2. The summed E-state index contributed by atoms with van der Waals surface area (Å²) in [5, 5.41) is 0. The van der Waals surface area contributed by atoms with E-state index in [9.17, 15) is 4.79 Å². The number of ketones is 1. The van der Waals surface area contributed by atoms with Crippen LogP contribution in [0.25, 0.3) is 22.3 Å². The molecular formula is C23H18N4O. The van der Waals surface area contributed by atoms with E-state index < -0.39 is 5.78 Å². The Hall–Kier alpha value is -3.99. The van der Waals surface area contributed by atoms with Crippen LogP contribution in [-0.2, 0) is 0 Å². The molecule has 0 atom stereocenters. The van der Waals surface area contributed by atoms with Crippen LogP contribution in [-0.4, -0.2) is 15.8 Å². The monoisotopic (exact) mass is 366 g/mol. The number of benzene rings is 2. The highest BCUT2D eigenvalue weighted by Gasteiger charge is 2.22. The van der Waals surface area contributed by atoms with Gasteiger partial charge in [-0.15, -0.1) is 0 Å². The third kappa shape index (κ3) is 3.10. The first-order valence-corrected chi connectivity index (χ1v) is 8.81. The number of hydrogen-bond acceptors (Lipinski definition) is 5. The topological polar surface area (TPSA) is 94.9 Å². The molecule has 2 heterocycles. The summed E-state index contributed by atoms with van der Waals surface area (Å²) in [5.74, 6) is -0.398. The fourth-order valence-corrected chi connectivity index (χ4v) is 3.16. The number of pyridine rings is 2. The molecule has 0 unspecified atom stereocenters. The Morgan fingerprint density at radius 1 is 0.607 bits per heavy atom. The summed E-state index contributed by atoms with van der Waals surface area (Å²) in [4.78, 5) is 21.6. The SMILES string of the molecule is Nc1c(-c2ccccc2)ccnc1C(=O)c1nccc(-c2ccccc2)c1N. The number of carbonyl (C=O) groups excluding carboxylic acids is 1. The summed E-state index contributed by atoms with van der Waals surface area (Å²) < 4.78 is 0. The number of nitrogens with zero attached hydrogens (tertiary/aromatic N) is 2. The van der Waals surface area contributed by atoms with Crippen molar-refractivity contribution in [2.24, 2.45) is 0 Å². The molecule has 136 valence electrons. The van der Waals surface area contributed by atoms with Crippen LogP contribution in [0.3, 0.4) is 0 Å². The Bertz CT molecular complexity index is 1050. The maximum atomic E-state index is 13.2. The molecular weight excluding hydrogens is 348 g/mol. The Morgan fingerprint density at radius 2 is 1.00 bits per heavy atom. The van der Waals surface area contributed by atoms with E-state index in [0.29, 0.717) is 11.4 Å². The molecule has 5 nitrogen and oxygen atoms in total. The number of nitrogen functional groups attached to an aromatic ring is 2. The maximum Gasteiger partial charge on any atom is 0.233 e. The summed E-state index contributed by atoms with van der Waals surface area (Å²) >= 11 is 0. The second kappa shape index (κ2) is 7.32. The Kier molecular flexibility index (Phi) is 4.56. The molecule has 0 aliphatic carbocycles. The van der Waals surface area contributed by atoms with Gasteiger partial charge >= 0.3 is 0 Å². The first kappa shape index (κ1) is 17.4. The molecule has 4 N–H and O–H groups in total. The van der Waals surface area contributed by atoms with Crippen molar-refractivity contribution >= 4 is 17.2 Å². The van der Waals surface area contributed by atoms with E-state index in [4.69, 9.17) is 11.5 Å². The van der Waals surface area contributed by atoms with E-state index in [1.807, 2.05) is 60.7 Å². The van der Waals surface area contributed by atoms with E-state index in [-0.39, 0.29) is 11.4 Å².